The molecule has 20 heavy (non-hydrogen) atoms. The lowest BCUT2D eigenvalue weighted by Crippen LogP contribution is -2.15. The summed E-state index contributed by atoms with van der Waals surface area (Å²) in [6.45, 7) is 6.55. The van der Waals surface area contributed by atoms with Crippen LogP contribution in [-0.2, 0) is 0 Å². The van der Waals surface area contributed by atoms with Gasteiger partial charge in [0.1, 0.15) is 11.5 Å². The zero-order valence-electron chi connectivity index (χ0n) is 11.9. The molecule has 0 aliphatic rings. The molecule has 2 aromatic rings. The third kappa shape index (κ3) is 3.14. The lowest BCUT2D eigenvalue weighted by molar-refractivity contribution is 0.101. The molecule has 0 aliphatic heterocycles. The van der Waals surface area contributed by atoms with Crippen LogP contribution in [0.3, 0.4) is 0 Å². The van der Waals surface area contributed by atoms with Crippen LogP contribution < -0.4 is 10.6 Å². The minimum Gasteiger partial charge on any atom is -0.370 e. The highest BCUT2D eigenvalue weighted by Gasteiger charge is 2.14. The van der Waals surface area contributed by atoms with Crippen molar-refractivity contribution in [3.63, 3.8) is 0 Å². The summed E-state index contributed by atoms with van der Waals surface area (Å²) in [6, 6.07) is 5.28. The molecule has 0 aliphatic carbocycles. The van der Waals surface area contributed by atoms with Gasteiger partial charge < -0.3 is 9.84 Å². The van der Waals surface area contributed by atoms with Crippen molar-refractivity contribution in [1.82, 2.24) is 10.1 Å². The molecule has 0 atom stereocenters. The predicted octanol–water partition coefficient (Wildman–Crippen LogP) is 2.76. The third-order valence-electron chi connectivity index (χ3n) is 2.92. The number of pyridine rings is 1. The predicted molar refractivity (Wildman–Crippen MR) is 76.9 cm³/mol. The number of aryl methyl sites for hydroxylation is 1. The van der Waals surface area contributed by atoms with Crippen molar-refractivity contribution in [2.24, 2.45) is 0 Å². The smallest absolute Gasteiger partial charge is 0.276 e. The molecule has 2 aromatic heterocycles. The second kappa shape index (κ2) is 6.18. The number of carbonyl (C=O) groups excluding carboxylic acids is 1. The van der Waals surface area contributed by atoms with Gasteiger partial charge in [-0.15, -0.1) is 0 Å². The van der Waals surface area contributed by atoms with Crippen LogP contribution >= 0.6 is 0 Å². The first kappa shape index (κ1) is 14.0. The van der Waals surface area contributed by atoms with E-state index in [1.165, 1.54) is 0 Å². The summed E-state index contributed by atoms with van der Waals surface area (Å²) < 4.78 is 5.06. The minimum atomic E-state index is -0.315. The van der Waals surface area contributed by atoms with E-state index in [4.69, 9.17) is 4.52 Å². The molecule has 0 fully saturated rings. The van der Waals surface area contributed by atoms with Crippen molar-refractivity contribution in [2.45, 2.75) is 27.2 Å². The Labute approximate surface area is 117 Å². The molecule has 0 saturated heterocycles. The van der Waals surface area contributed by atoms with Gasteiger partial charge in [-0.25, -0.2) is 4.98 Å². The van der Waals surface area contributed by atoms with Crippen molar-refractivity contribution in [3.05, 3.63) is 35.2 Å². The van der Waals surface area contributed by atoms with Crippen LogP contribution in [0.15, 0.2) is 22.7 Å². The van der Waals surface area contributed by atoms with Crippen LogP contribution in [0.4, 0.5) is 11.7 Å². The number of amides is 1. The van der Waals surface area contributed by atoms with E-state index in [9.17, 15) is 4.79 Å². The summed E-state index contributed by atoms with van der Waals surface area (Å²) >= 11 is 0. The summed E-state index contributed by atoms with van der Waals surface area (Å²) in [5, 5.41) is 9.61. The van der Waals surface area contributed by atoms with Crippen molar-refractivity contribution in [1.29, 1.82) is 0 Å². The fourth-order valence-electron chi connectivity index (χ4n) is 1.61. The van der Waals surface area contributed by atoms with Crippen LogP contribution in [0.25, 0.3) is 0 Å². The molecular weight excluding hydrogens is 256 g/mol. The van der Waals surface area contributed by atoms with Gasteiger partial charge in [-0.2, -0.15) is 0 Å². The average molecular weight is 274 g/mol. The van der Waals surface area contributed by atoms with E-state index >= 15 is 0 Å². The van der Waals surface area contributed by atoms with E-state index in [1.54, 1.807) is 12.1 Å². The van der Waals surface area contributed by atoms with Crippen LogP contribution in [-0.4, -0.2) is 22.6 Å². The van der Waals surface area contributed by atoms with Crippen LogP contribution in [0.5, 0.6) is 0 Å². The van der Waals surface area contributed by atoms with Gasteiger partial charge in [0.15, 0.2) is 0 Å². The Bertz CT molecular complexity index is 607. The van der Waals surface area contributed by atoms with Crippen LogP contribution in [0.2, 0.25) is 0 Å². The average Bonchev–Trinajstić information content (AvgIpc) is 2.77. The standard InChI is InChI=1S/C14H18N4O2/c1-4-8-15-12-7-5-6-11(16-12)13(19)17-14-9(2)10(3)18-20-14/h5-7H,4,8H2,1-3H3,(H,15,16)(H,17,19). The number of aromatic nitrogens is 2. The summed E-state index contributed by atoms with van der Waals surface area (Å²) in [7, 11) is 0. The summed E-state index contributed by atoms with van der Waals surface area (Å²) in [5.74, 6) is 0.732. The summed E-state index contributed by atoms with van der Waals surface area (Å²) in [4.78, 5) is 16.4. The number of rotatable bonds is 5. The summed E-state index contributed by atoms with van der Waals surface area (Å²) in [5.41, 5.74) is 1.91. The quantitative estimate of drug-likeness (QED) is 0.876. The lowest BCUT2D eigenvalue weighted by Gasteiger charge is -2.06. The van der Waals surface area contributed by atoms with Crippen molar-refractivity contribution in [3.8, 4) is 0 Å². The molecule has 0 saturated carbocycles. The van der Waals surface area contributed by atoms with Crippen LogP contribution in [0.1, 0.15) is 35.1 Å². The van der Waals surface area contributed by atoms with Gasteiger partial charge in [-0.05, 0) is 32.4 Å². The number of carbonyl (C=O) groups is 1. The van der Waals surface area contributed by atoms with Gasteiger partial charge >= 0.3 is 0 Å². The normalized spacial score (nSPS) is 10.3. The second-order valence-electron chi connectivity index (χ2n) is 4.51. The van der Waals surface area contributed by atoms with Gasteiger partial charge in [0.25, 0.3) is 5.91 Å². The topological polar surface area (TPSA) is 80.0 Å². The number of hydrogen-bond donors (Lipinski definition) is 2. The van der Waals surface area contributed by atoms with Crippen molar-refractivity contribution in [2.75, 3.05) is 17.2 Å². The first-order valence-corrected chi connectivity index (χ1v) is 6.57. The van der Waals surface area contributed by atoms with E-state index in [0.29, 0.717) is 17.4 Å². The molecule has 106 valence electrons. The molecule has 0 spiro atoms. The maximum atomic E-state index is 12.1. The molecule has 2 heterocycles. The lowest BCUT2D eigenvalue weighted by atomic mass is 10.2. The Morgan fingerprint density at radius 3 is 2.80 bits per heavy atom. The SMILES string of the molecule is CCCNc1cccc(C(=O)Nc2onc(C)c2C)n1. The molecule has 1 amide bonds. The first-order chi connectivity index (χ1) is 9.61. The van der Waals surface area contributed by atoms with E-state index in [2.05, 4.69) is 27.7 Å². The third-order valence-corrected chi connectivity index (χ3v) is 2.92. The Morgan fingerprint density at radius 2 is 2.15 bits per heavy atom. The van der Waals surface area contributed by atoms with E-state index in [-0.39, 0.29) is 5.91 Å². The maximum Gasteiger partial charge on any atom is 0.276 e. The van der Waals surface area contributed by atoms with Crippen molar-refractivity contribution < 1.29 is 9.32 Å². The number of hydrogen-bond acceptors (Lipinski definition) is 5. The Hall–Kier alpha value is -2.37. The monoisotopic (exact) mass is 274 g/mol. The zero-order chi connectivity index (χ0) is 14.5. The van der Waals surface area contributed by atoms with Crippen molar-refractivity contribution >= 4 is 17.6 Å². The van der Waals surface area contributed by atoms with Crippen LogP contribution in [0, 0.1) is 13.8 Å². The molecule has 0 bridgehead atoms. The second-order valence-corrected chi connectivity index (χ2v) is 4.51. The fourth-order valence-corrected chi connectivity index (χ4v) is 1.61. The molecule has 6 nitrogen and oxygen atoms in total. The van der Waals surface area contributed by atoms with Gasteiger partial charge in [-0.1, -0.05) is 18.1 Å². The molecule has 6 heteroatoms. The van der Waals surface area contributed by atoms with E-state index < -0.39 is 0 Å². The highest BCUT2D eigenvalue weighted by Crippen LogP contribution is 2.18. The Morgan fingerprint density at radius 1 is 1.35 bits per heavy atom. The molecule has 2 N–H and O–H groups in total. The van der Waals surface area contributed by atoms with Gasteiger partial charge in [-0.3, -0.25) is 10.1 Å². The van der Waals surface area contributed by atoms with Gasteiger partial charge in [0, 0.05) is 12.1 Å². The molecular formula is C14H18N4O2. The highest BCUT2D eigenvalue weighted by molar-refractivity contribution is 6.02. The minimum absolute atomic E-state index is 0.315. The zero-order valence-corrected chi connectivity index (χ0v) is 11.9. The largest absolute Gasteiger partial charge is 0.370 e. The first-order valence-electron chi connectivity index (χ1n) is 6.57. The number of nitrogens with one attached hydrogen (secondary N) is 2. The summed E-state index contributed by atoms with van der Waals surface area (Å²) in [6.07, 6.45) is 0.995. The van der Waals surface area contributed by atoms with Gasteiger partial charge in [0.2, 0.25) is 5.88 Å². The Balaban J connectivity index is 2.11. The number of anilines is 2. The van der Waals surface area contributed by atoms with E-state index in [1.807, 2.05) is 19.9 Å². The molecule has 0 radical (unpaired) electrons. The van der Waals surface area contributed by atoms with E-state index in [0.717, 1.165) is 24.2 Å². The molecule has 0 unspecified atom stereocenters. The molecule has 0 aromatic carbocycles. The Kier molecular flexibility index (Phi) is 4.34. The number of nitrogens with zero attached hydrogens (tertiary/aromatic N) is 2. The van der Waals surface area contributed by atoms with Gasteiger partial charge in [0.05, 0.1) is 5.69 Å². The fraction of sp³-hybridized carbons (Fsp3) is 0.357. The molecule has 2 rings (SSSR count). The highest BCUT2D eigenvalue weighted by atomic mass is 16.5. The maximum absolute atomic E-state index is 12.1.